The molecule has 0 aliphatic rings. The molecule has 2 aromatic rings. The van der Waals surface area contributed by atoms with E-state index >= 15 is 0 Å². The molecule has 5 nitrogen and oxygen atoms in total. The molecule has 0 bridgehead atoms. The molecule has 1 unspecified atom stereocenters. The van der Waals surface area contributed by atoms with Crippen molar-refractivity contribution < 1.29 is 14.3 Å². The number of thioether (sulfide) groups is 1. The molecule has 1 heterocycles. The van der Waals surface area contributed by atoms with Gasteiger partial charge in [-0.2, -0.15) is 0 Å². The molecule has 0 aliphatic heterocycles. The average molecular weight is 320 g/mol. The van der Waals surface area contributed by atoms with Gasteiger partial charge in [-0.25, -0.2) is 4.98 Å². The predicted molar refractivity (Wildman–Crippen MR) is 87.4 cm³/mol. The highest BCUT2D eigenvalue weighted by Crippen LogP contribution is 2.20. The lowest BCUT2D eigenvalue weighted by molar-refractivity contribution is -0.119. The van der Waals surface area contributed by atoms with Crippen LogP contribution < -0.4 is 5.32 Å². The topological polar surface area (TPSA) is 75.4 Å². The zero-order valence-electron chi connectivity index (χ0n) is 12.5. The third-order valence-corrected chi connectivity index (χ3v) is 3.99. The van der Waals surface area contributed by atoms with Gasteiger partial charge in [-0.3, -0.25) is 4.79 Å². The van der Waals surface area contributed by atoms with E-state index < -0.39 is 0 Å². The van der Waals surface area contributed by atoms with Crippen molar-refractivity contribution in [3.8, 4) is 11.5 Å². The predicted octanol–water partition coefficient (Wildman–Crippen LogP) is 2.46. The summed E-state index contributed by atoms with van der Waals surface area (Å²) in [5.41, 5.74) is 1.76. The number of carbonyl (C=O) groups excluding carboxylic acids is 1. The summed E-state index contributed by atoms with van der Waals surface area (Å²) < 4.78 is 5.45. The Morgan fingerprint density at radius 2 is 2.18 bits per heavy atom. The zero-order chi connectivity index (χ0) is 15.8. The lowest BCUT2D eigenvalue weighted by Crippen LogP contribution is -2.34. The van der Waals surface area contributed by atoms with E-state index in [1.54, 1.807) is 6.26 Å². The van der Waals surface area contributed by atoms with Crippen molar-refractivity contribution in [1.29, 1.82) is 0 Å². The van der Waals surface area contributed by atoms with Crippen LogP contribution in [0.25, 0.3) is 11.5 Å². The van der Waals surface area contributed by atoms with Crippen molar-refractivity contribution in [2.75, 3.05) is 12.4 Å². The summed E-state index contributed by atoms with van der Waals surface area (Å²) in [6, 6.07) is 9.70. The molecular formula is C16H20N2O3S. The SMILES string of the molecule is CC(CCO)NC(=O)CSCc1coc(-c2ccccc2)n1. The molecule has 0 saturated heterocycles. The number of hydrogen-bond donors (Lipinski definition) is 2. The van der Waals surface area contributed by atoms with Gasteiger partial charge in [0.2, 0.25) is 11.8 Å². The van der Waals surface area contributed by atoms with Crippen LogP contribution in [0.2, 0.25) is 0 Å². The van der Waals surface area contributed by atoms with E-state index in [0.29, 0.717) is 23.8 Å². The Morgan fingerprint density at radius 3 is 2.91 bits per heavy atom. The second kappa shape index (κ2) is 8.60. The van der Waals surface area contributed by atoms with Crippen LogP contribution in [0.15, 0.2) is 41.0 Å². The van der Waals surface area contributed by atoms with Crippen molar-refractivity contribution in [2.24, 2.45) is 0 Å². The molecule has 118 valence electrons. The minimum Gasteiger partial charge on any atom is -0.444 e. The first kappa shape index (κ1) is 16.6. The van der Waals surface area contributed by atoms with E-state index in [9.17, 15) is 4.79 Å². The highest BCUT2D eigenvalue weighted by Gasteiger charge is 2.09. The van der Waals surface area contributed by atoms with Crippen molar-refractivity contribution in [1.82, 2.24) is 10.3 Å². The van der Waals surface area contributed by atoms with Crippen LogP contribution in [0, 0.1) is 0 Å². The van der Waals surface area contributed by atoms with E-state index in [2.05, 4.69) is 10.3 Å². The number of rotatable bonds is 8. The fourth-order valence-electron chi connectivity index (χ4n) is 1.92. The standard InChI is InChI=1S/C16H20N2O3S/c1-12(7-8-19)17-15(20)11-22-10-14-9-21-16(18-14)13-5-3-2-4-6-13/h2-6,9,12,19H,7-8,10-11H2,1H3,(H,17,20). The molecule has 1 aromatic heterocycles. The van der Waals surface area contributed by atoms with Crippen LogP contribution in [0.5, 0.6) is 0 Å². The molecule has 22 heavy (non-hydrogen) atoms. The number of nitrogens with one attached hydrogen (secondary N) is 1. The van der Waals surface area contributed by atoms with E-state index in [4.69, 9.17) is 9.52 Å². The van der Waals surface area contributed by atoms with Crippen LogP contribution in [-0.2, 0) is 10.5 Å². The van der Waals surface area contributed by atoms with Crippen LogP contribution in [0.4, 0.5) is 0 Å². The Hall–Kier alpha value is -1.79. The Bertz CT molecular complexity index is 586. The summed E-state index contributed by atoms with van der Waals surface area (Å²) in [6.45, 7) is 1.96. The first-order chi connectivity index (χ1) is 10.7. The molecule has 1 amide bonds. The van der Waals surface area contributed by atoms with E-state index in [-0.39, 0.29) is 18.6 Å². The summed E-state index contributed by atoms with van der Waals surface area (Å²) in [7, 11) is 0. The molecule has 0 fully saturated rings. The molecule has 6 heteroatoms. The van der Waals surface area contributed by atoms with Gasteiger partial charge in [0, 0.05) is 24.0 Å². The second-order valence-electron chi connectivity index (χ2n) is 4.98. The number of benzene rings is 1. The van der Waals surface area contributed by atoms with Gasteiger partial charge in [0.25, 0.3) is 0 Å². The first-order valence-corrected chi connectivity index (χ1v) is 8.32. The molecule has 0 saturated carbocycles. The molecule has 0 aliphatic carbocycles. The van der Waals surface area contributed by atoms with Crippen LogP contribution in [-0.4, -0.2) is 34.4 Å². The number of aliphatic hydroxyl groups excluding tert-OH is 1. The van der Waals surface area contributed by atoms with Gasteiger partial charge < -0.3 is 14.8 Å². The largest absolute Gasteiger partial charge is 0.444 e. The summed E-state index contributed by atoms with van der Waals surface area (Å²) in [6.07, 6.45) is 2.20. The highest BCUT2D eigenvalue weighted by molar-refractivity contribution is 7.99. The molecule has 2 rings (SSSR count). The van der Waals surface area contributed by atoms with Gasteiger partial charge in [-0.05, 0) is 25.5 Å². The lowest BCUT2D eigenvalue weighted by atomic mass is 10.2. The highest BCUT2D eigenvalue weighted by atomic mass is 32.2. The normalized spacial score (nSPS) is 12.1. The zero-order valence-corrected chi connectivity index (χ0v) is 13.3. The maximum Gasteiger partial charge on any atom is 0.230 e. The van der Waals surface area contributed by atoms with Crippen molar-refractivity contribution in [3.63, 3.8) is 0 Å². The number of hydrogen-bond acceptors (Lipinski definition) is 5. The Kier molecular flexibility index (Phi) is 6.48. The number of aliphatic hydroxyl groups is 1. The Labute approximate surface area is 134 Å². The molecule has 1 atom stereocenters. The van der Waals surface area contributed by atoms with Gasteiger partial charge in [-0.1, -0.05) is 18.2 Å². The Balaban J connectivity index is 1.76. The first-order valence-electron chi connectivity index (χ1n) is 7.17. The third kappa shape index (κ3) is 5.20. The van der Waals surface area contributed by atoms with Gasteiger partial charge in [0.1, 0.15) is 6.26 Å². The van der Waals surface area contributed by atoms with Gasteiger partial charge in [-0.15, -0.1) is 11.8 Å². The molecule has 0 radical (unpaired) electrons. The summed E-state index contributed by atoms with van der Waals surface area (Å²) >= 11 is 1.49. The molecule has 0 spiro atoms. The number of nitrogens with zero attached hydrogens (tertiary/aromatic N) is 1. The van der Waals surface area contributed by atoms with Gasteiger partial charge in [0.05, 0.1) is 11.4 Å². The summed E-state index contributed by atoms with van der Waals surface area (Å²) in [4.78, 5) is 16.1. The second-order valence-corrected chi connectivity index (χ2v) is 5.97. The molecular weight excluding hydrogens is 300 g/mol. The van der Waals surface area contributed by atoms with E-state index in [0.717, 1.165) is 11.3 Å². The minimum atomic E-state index is -0.0299. The van der Waals surface area contributed by atoms with Crippen LogP contribution in [0.1, 0.15) is 19.0 Å². The number of carbonyl (C=O) groups is 1. The molecule has 1 aromatic carbocycles. The summed E-state index contributed by atoms with van der Waals surface area (Å²) in [5, 5.41) is 11.6. The smallest absolute Gasteiger partial charge is 0.230 e. The number of oxazole rings is 1. The van der Waals surface area contributed by atoms with Gasteiger partial charge in [0.15, 0.2) is 0 Å². The monoisotopic (exact) mass is 320 g/mol. The quantitative estimate of drug-likeness (QED) is 0.781. The van der Waals surface area contributed by atoms with Crippen LogP contribution in [0.3, 0.4) is 0 Å². The van der Waals surface area contributed by atoms with Crippen molar-refractivity contribution in [2.45, 2.75) is 25.1 Å². The van der Waals surface area contributed by atoms with E-state index in [1.165, 1.54) is 11.8 Å². The minimum absolute atomic E-state index is 0.00478. The summed E-state index contributed by atoms with van der Waals surface area (Å²) in [5.74, 6) is 1.55. The Morgan fingerprint density at radius 1 is 1.41 bits per heavy atom. The maximum absolute atomic E-state index is 11.7. The van der Waals surface area contributed by atoms with Crippen molar-refractivity contribution >= 4 is 17.7 Å². The van der Waals surface area contributed by atoms with Crippen LogP contribution >= 0.6 is 11.8 Å². The number of aromatic nitrogens is 1. The van der Waals surface area contributed by atoms with Crippen molar-refractivity contribution in [3.05, 3.63) is 42.3 Å². The molecule has 2 N–H and O–H groups in total. The lowest BCUT2D eigenvalue weighted by Gasteiger charge is -2.11. The fraction of sp³-hybridized carbons (Fsp3) is 0.375. The van der Waals surface area contributed by atoms with Gasteiger partial charge >= 0.3 is 0 Å². The van der Waals surface area contributed by atoms with E-state index in [1.807, 2.05) is 37.3 Å². The maximum atomic E-state index is 11.7. The average Bonchev–Trinajstić information content (AvgIpc) is 2.97. The fourth-order valence-corrected chi connectivity index (χ4v) is 2.63. The number of amides is 1. The third-order valence-electron chi connectivity index (χ3n) is 3.03.